The van der Waals surface area contributed by atoms with Crippen molar-refractivity contribution in [3.8, 4) is 0 Å². The second-order valence-electron chi connectivity index (χ2n) is 0.955. The van der Waals surface area contributed by atoms with Crippen LogP contribution in [0.15, 0.2) is 0 Å². The monoisotopic (exact) mass is 102 g/mol. The van der Waals surface area contributed by atoms with E-state index in [9.17, 15) is 3.80 Å². The van der Waals surface area contributed by atoms with E-state index in [1.807, 2.05) is 6.92 Å². The first-order valence-electron chi connectivity index (χ1n) is 1.85. The van der Waals surface area contributed by atoms with Crippen LogP contribution in [0.25, 0.3) is 0 Å². The Kier molecular flexibility index (Phi) is 14.4. The van der Waals surface area contributed by atoms with E-state index in [0.29, 0.717) is 0 Å². The number of hydrogen-bond donors (Lipinski definition) is 0. The molecule has 2 heteroatoms. The van der Waals surface area contributed by atoms with E-state index in [0.717, 1.165) is 11.7 Å². The van der Waals surface area contributed by atoms with Crippen LogP contribution in [0.1, 0.15) is 20.8 Å². The first kappa shape index (κ1) is 9.59. The van der Waals surface area contributed by atoms with Crippen LogP contribution in [0.3, 0.4) is 0 Å². The van der Waals surface area contributed by atoms with Gasteiger partial charge in [0, 0.05) is 0 Å². The van der Waals surface area contributed by atoms with E-state index in [2.05, 4.69) is 0 Å². The minimum atomic E-state index is -0.464. The molecule has 0 aromatic heterocycles. The second kappa shape index (κ2) is 9.01. The summed E-state index contributed by atoms with van der Waals surface area (Å²) in [5.41, 5.74) is 0. The average molecular weight is 102 g/mol. The minimum absolute atomic E-state index is 0. The summed E-state index contributed by atoms with van der Waals surface area (Å²) in [6.07, 6.45) is 1.07. The van der Waals surface area contributed by atoms with Crippen molar-refractivity contribution in [2.45, 2.75) is 26.1 Å². The quantitative estimate of drug-likeness (QED) is 0.483. The van der Waals surface area contributed by atoms with Gasteiger partial charge in [0.2, 0.25) is 0 Å². The van der Waals surface area contributed by atoms with Crippen molar-refractivity contribution in [1.29, 1.82) is 0 Å². The summed E-state index contributed by atoms with van der Waals surface area (Å²) in [4.78, 5) is 0. The first-order chi connectivity index (χ1) is 2.41. The van der Waals surface area contributed by atoms with Crippen LogP contribution in [0.2, 0.25) is 5.28 Å². The third kappa shape index (κ3) is 8.84. The van der Waals surface area contributed by atoms with Gasteiger partial charge in [0.1, 0.15) is 0 Å². The van der Waals surface area contributed by atoms with Crippen LogP contribution >= 0.6 is 0 Å². The molecule has 0 unspecified atom stereocenters. The fourth-order valence-electron chi connectivity index (χ4n) is 0.118. The summed E-state index contributed by atoms with van der Waals surface area (Å²) in [7, 11) is 0. The zero-order chi connectivity index (χ0) is 4.12. The normalized spacial score (nSPS) is 5.50. The predicted molar refractivity (Wildman–Crippen MR) is 28.3 cm³/mol. The van der Waals surface area contributed by atoms with Gasteiger partial charge in [0.15, 0.2) is 0 Å². The Hall–Kier alpha value is 0.332. The molecule has 1 nitrogen and oxygen atoms in total. The van der Waals surface area contributed by atoms with Crippen molar-refractivity contribution in [3.05, 3.63) is 0 Å². The Bertz CT molecular complexity index is 28.7. The average Bonchev–Trinajstić information content (AvgIpc) is 1.41. The molecule has 0 aliphatic rings. The van der Waals surface area contributed by atoms with Gasteiger partial charge in [-0.3, -0.25) is 0 Å². The van der Waals surface area contributed by atoms with E-state index in [4.69, 9.17) is 0 Å². The van der Waals surface area contributed by atoms with Gasteiger partial charge >= 0.3 is 37.6 Å². The van der Waals surface area contributed by atoms with E-state index < -0.39 is 15.2 Å². The Balaban J connectivity index is 0. The van der Waals surface area contributed by atoms with E-state index >= 15 is 0 Å². The Morgan fingerprint density at radius 3 is 2.17 bits per heavy atom. The van der Waals surface area contributed by atoms with Gasteiger partial charge in [-0.25, -0.2) is 0 Å². The maximum absolute atomic E-state index is 9.61. The summed E-state index contributed by atoms with van der Waals surface area (Å²) in [6.45, 7) is 2.03. The Morgan fingerprint density at radius 2 is 2.17 bits per heavy atom. The molecule has 0 saturated carbocycles. The van der Waals surface area contributed by atoms with Crippen LogP contribution in [0.4, 0.5) is 0 Å². The standard InChI is InChI=1S/C3H7.CH4.Al.O/c1-3-2;;;/h1,3H2,2H3;1H4;;. The molecule has 0 fully saturated rings. The molecule has 0 atom stereocenters. The van der Waals surface area contributed by atoms with Crippen LogP contribution < -0.4 is 0 Å². The molecular weight excluding hydrogens is 91.0 g/mol. The van der Waals surface area contributed by atoms with Crippen LogP contribution in [-0.2, 0) is 3.80 Å². The van der Waals surface area contributed by atoms with Crippen molar-refractivity contribution < 1.29 is 3.80 Å². The number of rotatable bonds is 2. The molecule has 0 aromatic rings. The Labute approximate surface area is 45.7 Å². The van der Waals surface area contributed by atoms with Gasteiger partial charge in [-0.2, -0.15) is 0 Å². The molecule has 36 valence electrons. The second-order valence-corrected chi connectivity index (χ2v) is 1.87. The molecule has 0 amide bonds. The molecule has 0 heterocycles. The molecule has 6 heavy (non-hydrogen) atoms. The number of hydrogen-bond acceptors (Lipinski definition) is 1. The summed E-state index contributed by atoms with van der Waals surface area (Å²) >= 11 is -0.464. The van der Waals surface area contributed by atoms with E-state index in [1.165, 1.54) is 0 Å². The van der Waals surface area contributed by atoms with Gasteiger partial charge in [-0.1, -0.05) is 7.43 Å². The first-order valence-corrected chi connectivity index (χ1v) is 3.14. The van der Waals surface area contributed by atoms with Gasteiger partial charge in [-0.05, 0) is 0 Å². The third-order valence-electron chi connectivity index (χ3n) is 0.407. The molecule has 0 aliphatic heterocycles. The molecule has 0 aliphatic carbocycles. The molecule has 0 aromatic carbocycles. The zero-order valence-electron chi connectivity index (χ0n) is 3.40. The van der Waals surface area contributed by atoms with Crippen molar-refractivity contribution in [3.63, 3.8) is 0 Å². The van der Waals surface area contributed by atoms with Gasteiger partial charge in [0.05, 0.1) is 0 Å². The van der Waals surface area contributed by atoms with E-state index in [-0.39, 0.29) is 7.43 Å². The summed E-state index contributed by atoms with van der Waals surface area (Å²) in [5, 5.41) is 0.917. The molecule has 0 radical (unpaired) electrons. The van der Waals surface area contributed by atoms with Crippen molar-refractivity contribution in [2.75, 3.05) is 0 Å². The van der Waals surface area contributed by atoms with Crippen molar-refractivity contribution in [1.82, 2.24) is 0 Å². The molecule has 0 spiro atoms. The topological polar surface area (TPSA) is 17.1 Å². The SMILES string of the molecule is C.CC[CH2][Al]=[O]. The van der Waals surface area contributed by atoms with Crippen molar-refractivity contribution in [2.24, 2.45) is 0 Å². The Morgan fingerprint density at radius 1 is 1.67 bits per heavy atom. The predicted octanol–water partition coefficient (Wildman–Crippen LogP) is 1.50. The molecule has 0 bridgehead atoms. The van der Waals surface area contributed by atoms with Crippen LogP contribution in [0.5, 0.6) is 0 Å². The molecule has 0 N–H and O–H groups in total. The zero-order valence-corrected chi connectivity index (χ0v) is 4.55. The maximum atomic E-state index is 9.61. The van der Waals surface area contributed by atoms with Crippen LogP contribution in [-0.4, -0.2) is 15.2 Å². The van der Waals surface area contributed by atoms with Gasteiger partial charge < -0.3 is 0 Å². The molecular formula is C4H11AlO. The van der Waals surface area contributed by atoms with Crippen molar-refractivity contribution >= 4 is 15.2 Å². The molecule has 0 rings (SSSR count). The summed E-state index contributed by atoms with van der Waals surface area (Å²) in [6, 6.07) is 0. The van der Waals surface area contributed by atoms with Gasteiger partial charge in [0.25, 0.3) is 0 Å². The molecule has 0 saturated heterocycles. The fourth-order valence-corrected chi connectivity index (χ4v) is 0.354. The van der Waals surface area contributed by atoms with Crippen LogP contribution in [0, 0.1) is 0 Å². The summed E-state index contributed by atoms with van der Waals surface area (Å²) < 4.78 is 9.61. The fraction of sp³-hybridized carbons (Fsp3) is 1.00. The third-order valence-corrected chi connectivity index (χ3v) is 1.22. The van der Waals surface area contributed by atoms with E-state index in [1.54, 1.807) is 0 Å². The summed E-state index contributed by atoms with van der Waals surface area (Å²) in [5.74, 6) is 0. The van der Waals surface area contributed by atoms with Gasteiger partial charge in [-0.15, -0.1) is 0 Å².